The molecule has 1 heterocycles. The second kappa shape index (κ2) is 7.45. The monoisotopic (exact) mass is 295 g/mol. The first kappa shape index (κ1) is 17.5. The number of aromatic nitrogens is 2. The van der Waals surface area contributed by atoms with E-state index in [9.17, 15) is 4.79 Å². The van der Waals surface area contributed by atoms with Crippen molar-refractivity contribution in [2.75, 3.05) is 27.2 Å². The van der Waals surface area contributed by atoms with Gasteiger partial charge in [-0.2, -0.15) is 0 Å². The van der Waals surface area contributed by atoms with E-state index in [1.54, 1.807) is 18.1 Å². The predicted molar refractivity (Wildman–Crippen MR) is 85.1 cm³/mol. The van der Waals surface area contributed by atoms with Crippen molar-refractivity contribution in [2.45, 2.75) is 46.3 Å². The molecule has 1 aromatic heterocycles. The molecule has 1 N–H and O–H groups in total. The highest BCUT2D eigenvalue weighted by Crippen LogP contribution is 2.10. The second-order valence-electron chi connectivity index (χ2n) is 5.97. The van der Waals surface area contributed by atoms with Gasteiger partial charge in [0.1, 0.15) is 5.82 Å². The Hall–Kier alpha value is -1.56. The number of rotatable bonds is 7. The minimum absolute atomic E-state index is 0.0624. The summed E-state index contributed by atoms with van der Waals surface area (Å²) in [5, 5.41) is 3.00. The lowest BCUT2D eigenvalue weighted by Gasteiger charge is -2.35. The van der Waals surface area contributed by atoms with Crippen LogP contribution in [0.5, 0.6) is 0 Å². The smallest absolute Gasteiger partial charge is 0.317 e. The van der Waals surface area contributed by atoms with E-state index in [0.717, 1.165) is 18.9 Å². The van der Waals surface area contributed by atoms with Crippen LogP contribution in [0, 0.1) is 0 Å². The van der Waals surface area contributed by atoms with E-state index in [1.807, 2.05) is 10.8 Å². The zero-order chi connectivity index (χ0) is 16.0. The van der Waals surface area contributed by atoms with Gasteiger partial charge in [0.2, 0.25) is 0 Å². The van der Waals surface area contributed by atoms with Gasteiger partial charge in [0, 0.05) is 38.1 Å². The Balaban J connectivity index is 2.52. The SMILES string of the molecule is CCN(C)C(C)(C)CNC(=O)N(C)Cc1nccn1CC. The molecule has 1 rings (SSSR count). The molecule has 0 spiro atoms. The minimum atomic E-state index is -0.0711. The number of carbonyl (C=O) groups excluding carboxylic acids is 1. The highest BCUT2D eigenvalue weighted by Gasteiger charge is 2.23. The van der Waals surface area contributed by atoms with Gasteiger partial charge in [0.15, 0.2) is 0 Å². The molecule has 0 fully saturated rings. The van der Waals surface area contributed by atoms with E-state index >= 15 is 0 Å². The number of likely N-dealkylation sites (N-methyl/N-ethyl adjacent to an activating group) is 1. The van der Waals surface area contributed by atoms with E-state index in [2.05, 4.69) is 49.9 Å². The van der Waals surface area contributed by atoms with Crippen molar-refractivity contribution in [3.63, 3.8) is 0 Å². The fraction of sp³-hybridized carbons (Fsp3) is 0.733. The van der Waals surface area contributed by atoms with Crippen molar-refractivity contribution < 1.29 is 4.79 Å². The number of imidazole rings is 1. The average Bonchev–Trinajstić information content (AvgIpc) is 2.90. The number of aryl methyl sites for hydroxylation is 1. The van der Waals surface area contributed by atoms with E-state index in [0.29, 0.717) is 13.1 Å². The van der Waals surface area contributed by atoms with Crippen LogP contribution in [0.3, 0.4) is 0 Å². The number of hydrogen-bond donors (Lipinski definition) is 1. The molecule has 120 valence electrons. The number of urea groups is 1. The Labute approximate surface area is 128 Å². The van der Waals surface area contributed by atoms with Crippen LogP contribution in [0.2, 0.25) is 0 Å². The maximum atomic E-state index is 12.2. The number of nitrogens with zero attached hydrogens (tertiary/aromatic N) is 4. The molecule has 0 atom stereocenters. The molecule has 1 aromatic rings. The van der Waals surface area contributed by atoms with Crippen LogP contribution in [0.15, 0.2) is 12.4 Å². The summed E-state index contributed by atoms with van der Waals surface area (Å²) in [6.45, 7) is 11.4. The number of carbonyl (C=O) groups is 1. The Kier molecular flexibility index (Phi) is 6.20. The van der Waals surface area contributed by atoms with Gasteiger partial charge in [-0.05, 0) is 34.4 Å². The maximum Gasteiger partial charge on any atom is 0.317 e. The zero-order valence-corrected chi connectivity index (χ0v) is 14.2. The fourth-order valence-electron chi connectivity index (χ4n) is 2.05. The molecule has 0 aromatic carbocycles. The molecular weight excluding hydrogens is 266 g/mol. The van der Waals surface area contributed by atoms with Gasteiger partial charge in [-0.1, -0.05) is 6.92 Å². The fourth-order valence-corrected chi connectivity index (χ4v) is 2.05. The third-order valence-corrected chi connectivity index (χ3v) is 4.05. The van der Waals surface area contributed by atoms with Crippen LogP contribution >= 0.6 is 0 Å². The van der Waals surface area contributed by atoms with E-state index in [1.165, 1.54) is 0 Å². The van der Waals surface area contributed by atoms with E-state index in [-0.39, 0.29) is 11.6 Å². The Bertz CT molecular complexity index is 455. The number of amides is 2. The van der Waals surface area contributed by atoms with Crippen molar-refractivity contribution in [1.82, 2.24) is 24.7 Å². The van der Waals surface area contributed by atoms with Crippen LogP contribution in [0.1, 0.15) is 33.5 Å². The van der Waals surface area contributed by atoms with Gasteiger partial charge in [-0.15, -0.1) is 0 Å². The van der Waals surface area contributed by atoms with E-state index < -0.39 is 0 Å². The van der Waals surface area contributed by atoms with Crippen LogP contribution < -0.4 is 5.32 Å². The van der Waals surface area contributed by atoms with Gasteiger partial charge in [-0.3, -0.25) is 4.90 Å². The second-order valence-corrected chi connectivity index (χ2v) is 5.97. The number of nitrogens with one attached hydrogen (secondary N) is 1. The van der Waals surface area contributed by atoms with Crippen molar-refractivity contribution in [2.24, 2.45) is 0 Å². The standard InChI is InChI=1S/C15H29N5O/c1-7-19(6)15(3,4)12-17-14(21)18(5)11-13-16-9-10-20(13)8-2/h9-10H,7-8,11-12H2,1-6H3,(H,17,21). The molecule has 0 saturated heterocycles. The first-order chi connectivity index (χ1) is 9.81. The summed E-state index contributed by atoms with van der Waals surface area (Å²) in [5.74, 6) is 0.903. The topological polar surface area (TPSA) is 53.4 Å². The van der Waals surface area contributed by atoms with Crippen LogP contribution in [-0.2, 0) is 13.1 Å². The molecule has 0 saturated carbocycles. The molecule has 0 aliphatic carbocycles. The van der Waals surface area contributed by atoms with E-state index in [4.69, 9.17) is 0 Å². The third kappa shape index (κ3) is 4.74. The van der Waals surface area contributed by atoms with Gasteiger partial charge in [-0.25, -0.2) is 9.78 Å². The van der Waals surface area contributed by atoms with Crippen LogP contribution in [0.4, 0.5) is 4.79 Å². The molecule has 0 radical (unpaired) electrons. The quantitative estimate of drug-likeness (QED) is 0.834. The van der Waals surface area contributed by atoms with Crippen molar-refractivity contribution in [3.05, 3.63) is 18.2 Å². The summed E-state index contributed by atoms with van der Waals surface area (Å²) in [7, 11) is 3.86. The highest BCUT2D eigenvalue weighted by atomic mass is 16.2. The molecule has 6 nitrogen and oxygen atoms in total. The van der Waals surface area contributed by atoms with Crippen molar-refractivity contribution >= 4 is 6.03 Å². The van der Waals surface area contributed by atoms with Gasteiger partial charge in [0.25, 0.3) is 0 Å². The number of hydrogen-bond acceptors (Lipinski definition) is 3. The first-order valence-corrected chi connectivity index (χ1v) is 7.52. The summed E-state index contributed by atoms with van der Waals surface area (Å²) < 4.78 is 2.04. The lowest BCUT2D eigenvalue weighted by Crippen LogP contribution is -2.51. The largest absolute Gasteiger partial charge is 0.336 e. The average molecular weight is 295 g/mol. The first-order valence-electron chi connectivity index (χ1n) is 7.52. The summed E-state index contributed by atoms with van der Waals surface area (Å²) in [5.41, 5.74) is -0.0624. The molecule has 0 aliphatic rings. The van der Waals surface area contributed by atoms with Gasteiger partial charge >= 0.3 is 6.03 Å². The zero-order valence-electron chi connectivity index (χ0n) is 14.2. The third-order valence-electron chi connectivity index (χ3n) is 4.05. The Morgan fingerprint density at radius 1 is 1.38 bits per heavy atom. The molecule has 21 heavy (non-hydrogen) atoms. The summed E-state index contributed by atoms with van der Waals surface area (Å²) in [6, 6.07) is -0.0711. The maximum absolute atomic E-state index is 12.2. The van der Waals surface area contributed by atoms with Gasteiger partial charge in [0.05, 0.1) is 6.54 Å². The molecule has 0 aliphatic heterocycles. The lowest BCUT2D eigenvalue weighted by molar-refractivity contribution is 0.154. The Morgan fingerprint density at radius 2 is 2.05 bits per heavy atom. The van der Waals surface area contributed by atoms with Crippen molar-refractivity contribution in [1.29, 1.82) is 0 Å². The minimum Gasteiger partial charge on any atom is -0.336 e. The summed E-state index contributed by atoms with van der Waals surface area (Å²) >= 11 is 0. The summed E-state index contributed by atoms with van der Waals surface area (Å²) in [6.07, 6.45) is 3.70. The molecule has 2 amide bonds. The normalized spacial score (nSPS) is 11.8. The van der Waals surface area contributed by atoms with Crippen LogP contribution in [0.25, 0.3) is 0 Å². The molecular formula is C15H29N5O. The lowest BCUT2D eigenvalue weighted by atomic mass is 10.0. The predicted octanol–water partition coefficient (Wildman–Crippen LogP) is 1.77. The van der Waals surface area contributed by atoms with Crippen molar-refractivity contribution in [3.8, 4) is 0 Å². The van der Waals surface area contributed by atoms with Crippen LogP contribution in [-0.4, -0.2) is 58.1 Å². The molecule has 0 bridgehead atoms. The Morgan fingerprint density at radius 3 is 2.62 bits per heavy atom. The molecule has 6 heteroatoms. The molecule has 0 unspecified atom stereocenters. The highest BCUT2D eigenvalue weighted by molar-refractivity contribution is 5.73. The summed E-state index contributed by atoms with van der Waals surface area (Å²) in [4.78, 5) is 20.4. The van der Waals surface area contributed by atoms with Gasteiger partial charge < -0.3 is 14.8 Å².